The van der Waals surface area contributed by atoms with Gasteiger partial charge in [0.05, 0.1) is 26.9 Å². The van der Waals surface area contributed by atoms with Gasteiger partial charge in [0.15, 0.2) is 10.3 Å². The molecule has 0 fully saturated rings. The van der Waals surface area contributed by atoms with Gasteiger partial charge in [-0.1, -0.05) is 48.9 Å². The summed E-state index contributed by atoms with van der Waals surface area (Å²) >= 11 is 8.74. The minimum Gasteiger partial charge on any atom is -0.302 e. The molecular weight excluding hydrogens is 404 g/mol. The van der Waals surface area contributed by atoms with Crippen molar-refractivity contribution in [1.82, 2.24) is 9.97 Å². The van der Waals surface area contributed by atoms with Gasteiger partial charge in [0.1, 0.15) is 0 Å². The average Bonchev–Trinajstić information content (AvgIpc) is 3.21. The van der Waals surface area contributed by atoms with E-state index < -0.39 is 0 Å². The highest BCUT2D eigenvalue weighted by molar-refractivity contribution is 7.20. The Morgan fingerprint density at radius 3 is 2.56 bits per heavy atom. The molecular formula is C18H17ClN4O2S2. The molecule has 9 heteroatoms. The van der Waals surface area contributed by atoms with Gasteiger partial charge >= 0.3 is 0 Å². The van der Waals surface area contributed by atoms with Gasteiger partial charge in [-0.25, -0.2) is 9.97 Å². The lowest BCUT2D eigenvalue weighted by atomic mass is 10.2. The van der Waals surface area contributed by atoms with E-state index in [-0.39, 0.29) is 17.7 Å². The maximum atomic E-state index is 12.4. The number of aryl methyl sites for hydroxylation is 1. The summed E-state index contributed by atoms with van der Waals surface area (Å²) in [6.07, 6.45) is 0. The van der Waals surface area contributed by atoms with Crippen molar-refractivity contribution in [3.8, 4) is 10.6 Å². The van der Waals surface area contributed by atoms with E-state index in [1.807, 2.05) is 26.2 Å². The van der Waals surface area contributed by atoms with Crippen molar-refractivity contribution < 1.29 is 9.59 Å². The van der Waals surface area contributed by atoms with E-state index in [9.17, 15) is 9.59 Å². The van der Waals surface area contributed by atoms with Crippen LogP contribution in [0.2, 0.25) is 5.02 Å². The predicted molar refractivity (Wildman–Crippen MR) is 111 cm³/mol. The summed E-state index contributed by atoms with van der Waals surface area (Å²) in [5.41, 5.74) is 1.86. The first kappa shape index (κ1) is 19.5. The van der Waals surface area contributed by atoms with Crippen molar-refractivity contribution in [2.75, 3.05) is 10.6 Å². The standard InChI is InChI=1S/C18H17ClN4O2S2/c1-9(2)15(24)22-17-21-13(8-26-17)14-10(3)20-18(27-14)23-16(25)11-6-4-5-7-12(11)19/h4-9H,1-3H3,(H,20,23,25)(H,21,22,24). The molecule has 0 aliphatic rings. The molecule has 2 heterocycles. The number of halogens is 1. The summed E-state index contributed by atoms with van der Waals surface area (Å²) in [7, 11) is 0. The van der Waals surface area contributed by atoms with Crippen molar-refractivity contribution in [2.24, 2.45) is 5.92 Å². The third kappa shape index (κ3) is 4.52. The molecule has 0 bridgehead atoms. The molecule has 0 aliphatic heterocycles. The van der Waals surface area contributed by atoms with Crippen LogP contribution in [0.5, 0.6) is 0 Å². The van der Waals surface area contributed by atoms with Crippen LogP contribution in [-0.2, 0) is 4.79 Å². The molecule has 0 saturated carbocycles. The number of hydrogen-bond acceptors (Lipinski definition) is 6. The summed E-state index contributed by atoms with van der Waals surface area (Å²) in [5.74, 6) is -0.511. The molecule has 0 atom stereocenters. The van der Waals surface area contributed by atoms with Gasteiger partial charge in [-0.2, -0.15) is 0 Å². The third-order valence-electron chi connectivity index (χ3n) is 3.63. The number of carbonyl (C=O) groups is 2. The minimum absolute atomic E-state index is 0.0791. The second kappa shape index (κ2) is 8.16. The van der Waals surface area contributed by atoms with Gasteiger partial charge in [-0.05, 0) is 19.1 Å². The highest BCUT2D eigenvalue weighted by atomic mass is 35.5. The monoisotopic (exact) mass is 420 g/mol. The molecule has 0 aliphatic carbocycles. The summed E-state index contributed by atoms with van der Waals surface area (Å²) in [4.78, 5) is 33.9. The zero-order valence-electron chi connectivity index (χ0n) is 14.9. The zero-order valence-corrected chi connectivity index (χ0v) is 17.3. The Morgan fingerprint density at radius 2 is 1.85 bits per heavy atom. The van der Waals surface area contributed by atoms with E-state index in [4.69, 9.17) is 11.6 Å². The molecule has 6 nitrogen and oxygen atoms in total. The highest BCUT2D eigenvalue weighted by Gasteiger charge is 2.17. The molecule has 1 aromatic carbocycles. The Bertz CT molecular complexity index is 997. The van der Waals surface area contributed by atoms with Crippen molar-refractivity contribution in [3.05, 3.63) is 45.9 Å². The van der Waals surface area contributed by atoms with Crippen LogP contribution in [0.1, 0.15) is 29.9 Å². The Hall–Kier alpha value is -2.29. The molecule has 3 aromatic rings. The van der Waals surface area contributed by atoms with E-state index in [0.717, 1.165) is 10.6 Å². The number of anilines is 2. The second-order valence-electron chi connectivity index (χ2n) is 6.05. The third-order valence-corrected chi connectivity index (χ3v) is 5.81. The van der Waals surface area contributed by atoms with Gasteiger partial charge in [0, 0.05) is 11.3 Å². The van der Waals surface area contributed by atoms with Crippen LogP contribution in [0.15, 0.2) is 29.6 Å². The second-order valence-corrected chi connectivity index (χ2v) is 8.31. The van der Waals surface area contributed by atoms with Crippen molar-refractivity contribution in [3.63, 3.8) is 0 Å². The first-order valence-corrected chi connectivity index (χ1v) is 10.2. The van der Waals surface area contributed by atoms with E-state index in [1.165, 1.54) is 22.7 Å². The fourth-order valence-electron chi connectivity index (χ4n) is 2.18. The molecule has 27 heavy (non-hydrogen) atoms. The summed E-state index contributed by atoms with van der Waals surface area (Å²) < 4.78 is 0. The molecule has 2 aromatic heterocycles. The molecule has 0 unspecified atom stereocenters. The number of nitrogens with one attached hydrogen (secondary N) is 2. The average molecular weight is 421 g/mol. The van der Waals surface area contributed by atoms with Gasteiger partial charge in [0.25, 0.3) is 5.91 Å². The smallest absolute Gasteiger partial charge is 0.258 e. The van der Waals surface area contributed by atoms with E-state index in [2.05, 4.69) is 20.6 Å². The summed E-state index contributed by atoms with van der Waals surface area (Å²) in [6, 6.07) is 6.84. The van der Waals surface area contributed by atoms with Crippen LogP contribution in [0, 0.1) is 12.8 Å². The Balaban J connectivity index is 1.77. The molecule has 2 amide bonds. The van der Waals surface area contributed by atoms with Crippen LogP contribution >= 0.6 is 34.3 Å². The number of rotatable bonds is 5. The van der Waals surface area contributed by atoms with Crippen LogP contribution in [0.3, 0.4) is 0 Å². The maximum Gasteiger partial charge on any atom is 0.258 e. The van der Waals surface area contributed by atoms with Crippen molar-refractivity contribution in [2.45, 2.75) is 20.8 Å². The number of carbonyl (C=O) groups excluding carboxylic acids is 2. The number of hydrogen-bond donors (Lipinski definition) is 2. The SMILES string of the molecule is Cc1nc(NC(=O)c2ccccc2Cl)sc1-c1csc(NC(=O)C(C)C)n1. The van der Waals surface area contributed by atoms with Crippen LogP contribution in [-0.4, -0.2) is 21.8 Å². The lowest BCUT2D eigenvalue weighted by Gasteiger charge is -2.03. The first-order chi connectivity index (χ1) is 12.8. The van der Waals surface area contributed by atoms with E-state index in [0.29, 0.717) is 26.5 Å². The van der Waals surface area contributed by atoms with Gasteiger partial charge < -0.3 is 5.32 Å². The summed E-state index contributed by atoms with van der Waals surface area (Å²) in [6.45, 7) is 5.50. The Labute approximate surface area is 169 Å². The summed E-state index contributed by atoms with van der Waals surface area (Å²) in [5, 5.41) is 8.81. The molecule has 0 spiro atoms. The van der Waals surface area contributed by atoms with Crippen LogP contribution in [0.4, 0.5) is 10.3 Å². The Morgan fingerprint density at radius 1 is 1.11 bits per heavy atom. The quantitative estimate of drug-likeness (QED) is 0.603. The number of thiazole rings is 2. The molecule has 2 N–H and O–H groups in total. The van der Waals surface area contributed by atoms with Crippen LogP contribution in [0.25, 0.3) is 10.6 Å². The molecule has 0 saturated heterocycles. The number of nitrogens with zero attached hydrogens (tertiary/aromatic N) is 2. The number of amides is 2. The van der Waals surface area contributed by atoms with Crippen molar-refractivity contribution in [1.29, 1.82) is 0 Å². The van der Waals surface area contributed by atoms with Crippen LogP contribution < -0.4 is 10.6 Å². The number of benzene rings is 1. The van der Waals surface area contributed by atoms with Crippen molar-refractivity contribution >= 4 is 56.4 Å². The fourth-order valence-corrected chi connectivity index (χ4v) is 4.11. The van der Waals surface area contributed by atoms with E-state index >= 15 is 0 Å². The first-order valence-electron chi connectivity index (χ1n) is 8.15. The minimum atomic E-state index is -0.316. The van der Waals surface area contributed by atoms with Gasteiger partial charge in [-0.15, -0.1) is 11.3 Å². The molecule has 0 radical (unpaired) electrons. The maximum absolute atomic E-state index is 12.4. The predicted octanol–water partition coefficient (Wildman–Crippen LogP) is 5.08. The topological polar surface area (TPSA) is 84.0 Å². The normalized spacial score (nSPS) is 10.9. The fraction of sp³-hybridized carbons (Fsp3) is 0.222. The largest absolute Gasteiger partial charge is 0.302 e. The van der Waals surface area contributed by atoms with Gasteiger partial charge in [-0.3, -0.25) is 14.9 Å². The Kier molecular flexibility index (Phi) is 5.88. The lowest BCUT2D eigenvalue weighted by molar-refractivity contribution is -0.118. The zero-order chi connectivity index (χ0) is 19.6. The van der Waals surface area contributed by atoms with E-state index in [1.54, 1.807) is 24.3 Å². The number of aromatic nitrogens is 2. The molecule has 140 valence electrons. The molecule has 3 rings (SSSR count). The lowest BCUT2D eigenvalue weighted by Crippen LogP contribution is -2.17. The van der Waals surface area contributed by atoms with Gasteiger partial charge in [0.2, 0.25) is 5.91 Å². The highest BCUT2D eigenvalue weighted by Crippen LogP contribution is 2.35.